The van der Waals surface area contributed by atoms with Gasteiger partial charge in [-0.05, 0) is 44.5 Å². The van der Waals surface area contributed by atoms with Gasteiger partial charge in [0, 0.05) is 25.8 Å². The van der Waals surface area contributed by atoms with Crippen LogP contribution in [0.5, 0.6) is 0 Å². The van der Waals surface area contributed by atoms with Crippen LogP contribution in [-0.2, 0) is 14.6 Å². The van der Waals surface area contributed by atoms with Crippen molar-refractivity contribution in [2.75, 3.05) is 25.6 Å². The molecule has 0 fully saturated rings. The van der Waals surface area contributed by atoms with Crippen molar-refractivity contribution in [2.45, 2.75) is 30.2 Å². The molecule has 148 valence electrons. The molecule has 2 aromatic carbocycles. The number of hydrogen-bond acceptors (Lipinski definition) is 6. The summed E-state index contributed by atoms with van der Waals surface area (Å²) >= 11 is 0. The average Bonchev–Trinajstić information content (AvgIpc) is 3.11. The van der Waals surface area contributed by atoms with Crippen molar-refractivity contribution < 1.29 is 17.6 Å². The Labute approximate surface area is 165 Å². The first kappa shape index (κ1) is 20.1. The summed E-state index contributed by atoms with van der Waals surface area (Å²) in [6, 6.07) is 14.3. The predicted molar refractivity (Wildman–Crippen MR) is 108 cm³/mol. The van der Waals surface area contributed by atoms with E-state index in [2.05, 4.69) is 10.3 Å². The second-order valence-electron chi connectivity index (χ2n) is 6.61. The van der Waals surface area contributed by atoms with Crippen LogP contribution in [0.15, 0.2) is 62.9 Å². The molecule has 28 heavy (non-hydrogen) atoms. The van der Waals surface area contributed by atoms with E-state index in [1.54, 1.807) is 31.4 Å². The molecule has 1 heterocycles. The van der Waals surface area contributed by atoms with E-state index in [1.807, 2.05) is 38.1 Å². The fraction of sp³-hybridized carbons (Fsp3) is 0.286. The zero-order valence-corrected chi connectivity index (χ0v) is 17.0. The van der Waals surface area contributed by atoms with Crippen molar-refractivity contribution in [3.63, 3.8) is 0 Å². The normalized spacial score (nSPS) is 11.5. The second-order valence-corrected chi connectivity index (χ2v) is 8.47. The lowest BCUT2D eigenvalue weighted by Gasteiger charge is -2.06. The summed E-state index contributed by atoms with van der Waals surface area (Å²) in [5, 5.41) is 2.94. The van der Waals surface area contributed by atoms with E-state index in [9.17, 15) is 8.42 Å². The summed E-state index contributed by atoms with van der Waals surface area (Å²) < 4.78 is 37.2. The van der Waals surface area contributed by atoms with Crippen molar-refractivity contribution in [2.24, 2.45) is 0 Å². The van der Waals surface area contributed by atoms with Gasteiger partial charge in [0.25, 0.3) is 0 Å². The van der Waals surface area contributed by atoms with E-state index in [-0.39, 0.29) is 21.7 Å². The number of benzene rings is 2. The Bertz CT molecular complexity index is 1020. The number of methoxy groups -OCH3 is 1. The molecule has 0 amide bonds. The van der Waals surface area contributed by atoms with Gasteiger partial charge in [-0.2, -0.15) is 4.98 Å². The minimum Gasteiger partial charge on any atom is -0.419 e. The molecular formula is C21H24N2O4S. The Morgan fingerprint density at radius 3 is 2.21 bits per heavy atom. The van der Waals surface area contributed by atoms with Crippen LogP contribution in [0.4, 0.5) is 5.88 Å². The average molecular weight is 401 g/mol. The minimum atomic E-state index is -3.82. The quantitative estimate of drug-likeness (QED) is 0.570. The molecule has 0 spiro atoms. The van der Waals surface area contributed by atoms with Crippen LogP contribution in [0.3, 0.4) is 0 Å². The molecular weight excluding hydrogens is 376 g/mol. The molecule has 1 aromatic heterocycles. The van der Waals surface area contributed by atoms with Gasteiger partial charge in [0.05, 0.1) is 4.90 Å². The van der Waals surface area contributed by atoms with Crippen LogP contribution in [0, 0.1) is 13.8 Å². The van der Waals surface area contributed by atoms with Gasteiger partial charge in [0.2, 0.25) is 26.6 Å². The number of ether oxygens (including phenoxy) is 1. The lowest BCUT2D eigenvalue weighted by Crippen LogP contribution is -2.09. The third-order valence-corrected chi connectivity index (χ3v) is 5.97. The van der Waals surface area contributed by atoms with E-state index in [1.165, 1.54) is 0 Å². The number of hydrogen-bond donors (Lipinski definition) is 1. The molecule has 0 saturated carbocycles. The molecule has 0 saturated heterocycles. The van der Waals surface area contributed by atoms with Crippen molar-refractivity contribution in [1.29, 1.82) is 0 Å². The zero-order valence-electron chi connectivity index (χ0n) is 16.2. The first-order valence-corrected chi connectivity index (χ1v) is 10.5. The Morgan fingerprint density at radius 2 is 1.61 bits per heavy atom. The fourth-order valence-corrected chi connectivity index (χ4v) is 3.95. The lowest BCUT2D eigenvalue weighted by molar-refractivity contribution is 0.197. The van der Waals surface area contributed by atoms with Crippen LogP contribution in [0.1, 0.15) is 17.5 Å². The van der Waals surface area contributed by atoms with Crippen molar-refractivity contribution >= 4 is 15.7 Å². The van der Waals surface area contributed by atoms with Crippen LogP contribution >= 0.6 is 0 Å². The summed E-state index contributed by atoms with van der Waals surface area (Å²) in [6.07, 6.45) is 0.709. The first-order chi connectivity index (χ1) is 13.4. The Hall–Kier alpha value is -2.64. The highest BCUT2D eigenvalue weighted by atomic mass is 32.2. The third kappa shape index (κ3) is 4.43. The van der Waals surface area contributed by atoms with Gasteiger partial charge in [-0.15, -0.1) is 0 Å². The maximum absolute atomic E-state index is 13.2. The number of nitrogens with zero attached hydrogens (tertiary/aromatic N) is 1. The van der Waals surface area contributed by atoms with Gasteiger partial charge in [0.15, 0.2) is 0 Å². The summed E-state index contributed by atoms with van der Waals surface area (Å²) in [5.41, 5.74) is 2.80. The number of rotatable bonds is 8. The summed E-state index contributed by atoms with van der Waals surface area (Å²) in [5.74, 6) is 0.409. The largest absolute Gasteiger partial charge is 0.419 e. The highest BCUT2D eigenvalue weighted by Gasteiger charge is 2.28. The molecule has 3 rings (SSSR count). The first-order valence-electron chi connectivity index (χ1n) is 9.04. The van der Waals surface area contributed by atoms with Crippen molar-refractivity contribution in [3.05, 3.63) is 59.7 Å². The van der Waals surface area contributed by atoms with E-state index >= 15 is 0 Å². The predicted octanol–water partition coefficient (Wildman–Crippen LogP) is 4.24. The van der Waals surface area contributed by atoms with Crippen molar-refractivity contribution in [3.8, 4) is 11.5 Å². The number of aromatic nitrogens is 1. The number of sulfone groups is 1. The number of anilines is 1. The summed E-state index contributed by atoms with van der Waals surface area (Å²) in [6.45, 7) is 4.96. The van der Waals surface area contributed by atoms with Gasteiger partial charge in [-0.1, -0.05) is 35.4 Å². The van der Waals surface area contributed by atoms with Gasteiger partial charge < -0.3 is 14.5 Å². The molecule has 3 aromatic rings. The fourth-order valence-electron chi connectivity index (χ4n) is 2.67. The third-order valence-electron chi connectivity index (χ3n) is 4.29. The van der Waals surface area contributed by atoms with Crippen LogP contribution in [-0.4, -0.2) is 33.7 Å². The molecule has 0 unspecified atom stereocenters. The van der Waals surface area contributed by atoms with Crippen LogP contribution in [0.2, 0.25) is 0 Å². The molecule has 0 radical (unpaired) electrons. The van der Waals surface area contributed by atoms with E-state index in [0.29, 0.717) is 19.6 Å². The van der Waals surface area contributed by atoms with E-state index < -0.39 is 9.84 Å². The van der Waals surface area contributed by atoms with E-state index in [0.717, 1.165) is 16.7 Å². The highest BCUT2D eigenvalue weighted by Crippen LogP contribution is 2.32. The highest BCUT2D eigenvalue weighted by molar-refractivity contribution is 7.91. The smallest absolute Gasteiger partial charge is 0.233 e. The van der Waals surface area contributed by atoms with Crippen LogP contribution in [0.25, 0.3) is 11.5 Å². The van der Waals surface area contributed by atoms with Gasteiger partial charge >= 0.3 is 0 Å². The molecule has 0 aliphatic heterocycles. The topological polar surface area (TPSA) is 81.4 Å². The summed E-state index contributed by atoms with van der Waals surface area (Å²) in [7, 11) is -2.20. The standard InChI is InChI=1S/C21H24N2O4S/c1-15-5-9-17(10-6-15)19-23-21(20(27-19)22-13-4-14-26-3)28(24,25)18-11-7-16(2)8-12-18/h5-12,22H,4,13-14H2,1-3H3. The minimum absolute atomic E-state index is 0.107. The Morgan fingerprint density at radius 1 is 1.00 bits per heavy atom. The Balaban J connectivity index is 2.01. The van der Waals surface area contributed by atoms with E-state index in [4.69, 9.17) is 9.15 Å². The van der Waals surface area contributed by atoms with Gasteiger partial charge in [-0.25, -0.2) is 8.42 Å². The molecule has 0 bridgehead atoms. The molecule has 0 aliphatic rings. The maximum Gasteiger partial charge on any atom is 0.233 e. The lowest BCUT2D eigenvalue weighted by atomic mass is 10.1. The number of aryl methyl sites for hydroxylation is 2. The number of nitrogens with one attached hydrogen (secondary N) is 1. The SMILES string of the molecule is COCCCNc1oc(-c2ccc(C)cc2)nc1S(=O)(=O)c1ccc(C)cc1. The molecule has 7 heteroatoms. The van der Waals surface area contributed by atoms with Crippen LogP contribution < -0.4 is 5.32 Å². The molecule has 0 atom stereocenters. The van der Waals surface area contributed by atoms with Crippen molar-refractivity contribution in [1.82, 2.24) is 4.98 Å². The zero-order chi connectivity index (χ0) is 20.1. The molecule has 6 nitrogen and oxygen atoms in total. The molecule has 0 aliphatic carbocycles. The molecule has 1 N–H and O–H groups in total. The summed E-state index contributed by atoms with van der Waals surface area (Å²) in [4.78, 5) is 4.51. The maximum atomic E-state index is 13.2. The van der Waals surface area contributed by atoms with Gasteiger partial charge in [0.1, 0.15) is 0 Å². The van der Waals surface area contributed by atoms with Gasteiger partial charge in [-0.3, -0.25) is 0 Å². The Kier molecular flexibility index (Phi) is 6.16. The second kappa shape index (κ2) is 8.58. The number of oxazole rings is 1. The monoisotopic (exact) mass is 400 g/mol.